The first-order valence-electron chi connectivity index (χ1n) is 18.9. The van der Waals surface area contributed by atoms with E-state index in [1.807, 2.05) is 84.9 Å². The fraction of sp³-hybridized carbons (Fsp3) is 0.267. The van der Waals surface area contributed by atoms with E-state index in [9.17, 15) is 19.2 Å². The van der Waals surface area contributed by atoms with Gasteiger partial charge in [-0.05, 0) is 78.9 Å². The highest BCUT2D eigenvalue weighted by molar-refractivity contribution is 5.88. The number of carboxylic acids is 1. The highest BCUT2D eigenvalue weighted by atomic mass is 16.5. The molecule has 3 N–H and O–H groups in total. The van der Waals surface area contributed by atoms with Gasteiger partial charge in [0.05, 0.1) is 0 Å². The number of hydrogen-bond donors (Lipinski definition) is 3. The number of nitrogens with one attached hydrogen (secondary N) is 2. The molecule has 0 aliphatic rings. The molecule has 0 saturated carbocycles. The van der Waals surface area contributed by atoms with Crippen LogP contribution < -0.4 is 20.1 Å². The zero-order chi connectivity index (χ0) is 40.2. The number of terminal acetylenes is 1. The average molecular weight is 771 g/mol. The van der Waals surface area contributed by atoms with E-state index in [-0.39, 0.29) is 48.7 Å². The maximum Gasteiger partial charge on any atom is 0.358 e. The third-order valence-corrected chi connectivity index (χ3v) is 8.95. The van der Waals surface area contributed by atoms with Crippen molar-refractivity contribution in [1.29, 1.82) is 0 Å². The van der Waals surface area contributed by atoms with Crippen LogP contribution in [0.3, 0.4) is 0 Å². The quantitative estimate of drug-likeness (QED) is 0.0481. The highest BCUT2D eigenvalue weighted by Crippen LogP contribution is 2.24. The molecule has 0 fully saturated rings. The van der Waals surface area contributed by atoms with E-state index >= 15 is 0 Å². The molecule has 1 aromatic heterocycles. The number of carboxylic acid groups (broad SMARTS) is 1. The number of unbranched alkanes of at least 4 members (excludes halogenated alkanes) is 3. The molecule has 3 amide bonds. The smallest absolute Gasteiger partial charge is 0.358 e. The van der Waals surface area contributed by atoms with Crippen molar-refractivity contribution in [3.8, 4) is 40.9 Å². The largest absolute Gasteiger partial charge is 0.491 e. The van der Waals surface area contributed by atoms with Gasteiger partial charge in [0.2, 0.25) is 17.7 Å². The number of aromatic carboxylic acids is 1. The summed E-state index contributed by atoms with van der Waals surface area (Å²) in [6.45, 7) is 0.814. The summed E-state index contributed by atoms with van der Waals surface area (Å²) in [6, 6.07) is 33.6. The standard InChI is InChI=1S/C45H46N4O8/c1-2-3-7-19-43(51)49(31-34-14-8-4-9-15-34)40(32-55-36-26-22-35(23-27-36)41-29-39(45(53)54)48-57-41)44(52)46-28-13-6-12-18-42(50)47-30-33-20-24-38(25-21-33)56-37-16-10-5-11-17-37/h1,4-5,8-11,14-17,20-27,29,40H,3,6-7,12-13,18-19,28,30-32H2,(H,46,52)(H,47,50)(H,53,54). The lowest BCUT2D eigenvalue weighted by Crippen LogP contribution is -2.52. The third kappa shape index (κ3) is 13.4. The number of amides is 3. The van der Waals surface area contributed by atoms with E-state index in [1.54, 1.807) is 24.3 Å². The van der Waals surface area contributed by atoms with Crippen LogP contribution in [0, 0.1) is 12.3 Å². The van der Waals surface area contributed by atoms with Crippen molar-refractivity contribution in [3.63, 3.8) is 0 Å². The molecule has 5 rings (SSSR count). The fourth-order valence-electron chi connectivity index (χ4n) is 5.85. The Hall–Kier alpha value is -6.87. The summed E-state index contributed by atoms with van der Waals surface area (Å²) in [4.78, 5) is 52.8. The predicted molar refractivity (Wildman–Crippen MR) is 214 cm³/mol. The van der Waals surface area contributed by atoms with Gasteiger partial charge in [-0.1, -0.05) is 72.2 Å². The number of carbonyl (C=O) groups excluding carboxylic acids is 3. The molecular weight excluding hydrogens is 725 g/mol. The van der Waals surface area contributed by atoms with Gasteiger partial charge < -0.3 is 34.6 Å². The first-order valence-corrected chi connectivity index (χ1v) is 18.9. The molecule has 0 saturated heterocycles. The van der Waals surface area contributed by atoms with Crippen LogP contribution >= 0.6 is 0 Å². The zero-order valence-electron chi connectivity index (χ0n) is 31.6. The van der Waals surface area contributed by atoms with Gasteiger partial charge >= 0.3 is 5.97 Å². The molecule has 1 atom stereocenters. The summed E-state index contributed by atoms with van der Waals surface area (Å²) in [6.07, 6.45) is 8.87. The molecule has 0 spiro atoms. The van der Waals surface area contributed by atoms with E-state index in [0.29, 0.717) is 68.7 Å². The van der Waals surface area contributed by atoms with Crippen LogP contribution in [0.2, 0.25) is 0 Å². The van der Waals surface area contributed by atoms with E-state index in [2.05, 4.69) is 21.7 Å². The van der Waals surface area contributed by atoms with Crippen molar-refractivity contribution >= 4 is 23.7 Å². The molecule has 5 aromatic rings. The highest BCUT2D eigenvalue weighted by Gasteiger charge is 2.30. The van der Waals surface area contributed by atoms with Gasteiger partial charge in [0, 0.05) is 50.5 Å². The minimum Gasteiger partial charge on any atom is -0.491 e. The van der Waals surface area contributed by atoms with Crippen LogP contribution in [0.1, 0.15) is 66.6 Å². The molecule has 0 bridgehead atoms. The maximum absolute atomic E-state index is 13.8. The number of benzene rings is 4. The van der Waals surface area contributed by atoms with Crippen molar-refractivity contribution in [1.82, 2.24) is 20.7 Å². The minimum absolute atomic E-state index is 0.0559. The molecule has 0 aliphatic carbocycles. The predicted octanol–water partition coefficient (Wildman–Crippen LogP) is 7.40. The molecule has 4 aromatic carbocycles. The Morgan fingerprint density at radius 1 is 0.772 bits per heavy atom. The summed E-state index contributed by atoms with van der Waals surface area (Å²) >= 11 is 0. The molecule has 12 nitrogen and oxygen atoms in total. The first-order chi connectivity index (χ1) is 27.8. The van der Waals surface area contributed by atoms with Gasteiger partial charge in [0.1, 0.15) is 29.9 Å². The minimum atomic E-state index is -1.20. The van der Waals surface area contributed by atoms with Gasteiger partial charge in [0.25, 0.3) is 0 Å². The number of rotatable bonds is 22. The lowest BCUT2D eigenvalue weighted by Gasteiger charge is -2.31. The van der Waals surface area contributed by atoms with Gasteiger partial charge in [-0.25, -0.2) is 4.79 Å². The van der Waals surface area contributed by atoms with Gasteiger partial charge in [-0.15, -0.1) is 12.3 Å². The maximum atomic E-state index is 13.8. The topological polar surface area (TPSA) is 160 Å². The van der Waals surface area contributed by atoms with E-state index in [4.69, 9.17) is 25.5 Å². The molecule has 0 aliphatic heterocycles. The summed E-state index contributed by atoms with van der Waals surface area (Å²) in [5.74, 6) is 2.89. The van der Waals surface area contributed by atoms with Crippen molar-refractivity contribution in [3.05, 3.63) is 132 Å². The van der Waals surface area contributed by atoms with Crippen molar-refractivity contribution < 1.29 is 38.3 Å². The van der Waals surface area contributed by atoms with E-state index < -0.39 is 12.0 Å². The SMILES string of the molecule is C#CCCCC(=O)N(Cc1ccccc1)C(COc1ccc(-c2cc(C(=O)O)no2)cc1)C(=O)NCCCCCC(=O)NCc1ccc(Oc2ccccc2)cc1. The first kappa shape index (κ1) is 41.3. The monoisotopic (exact) mass is 770 g/mol. The third-order valence-electron chi connectivity index (χ3n) is 8.95. The second-order valence-corrected chi connectivity index (χ2v) is 13.2. The van der Waals surface area contributed by atoms with Crippen molar-refractivity contribution in [2.45, 2.75) is 64.1 Å². The fourth-order valence-corrected chi connectivity index (χ4v) is 5.85. The summed E-state index contributed by atoms with van der Waals surface area (Å²) < 4.78 is 17.1. The van der Waals surface area contributed by atoms with E-state index in [0.717, 1.165) is 16.9 Å². The van der Waals surface area contributed by atoms with Crippen molar-refractivity contribution in [2.75, 3.05) is 13.2 Å². The molecule has 12 heteroatoms. The average Bonchev–Trinajstić information content (AvgIpc) is 3.74. The number of aromatic nitrogens is 1. The second-order valence-electron chi connectivity index (χ2n) is 13.2. The zero-order valence-corrected chi connectivity index (χ0v) is 31.6. The molecule has 1 unspecified atom stereocenters. The molecular formula is C45H46N4O8. The second kappa shape index (κ2) is 21.9. The van der Waals surface area contributed by atoms with Crippen LogP contribution in [0.25, 0.3) is 11.3 Å². The van der Waals surface area contributed by atoms with E-state index in [1.165, 1.54) is 11.0 Å². The van der Waals surface area contributed by atoms with Gasteiger partial charge in [-0.2, -0.15) is 0 Å². The number of hydrogen-bond acceptors (Lipinski definition) is 8. The Labute approximate surface area is 332 Å². The number of para-hydroxylation sites is 1. The molecule has 1 heterocycles. The Morgan fingerprint density at radius 3 is 2.14 bits per heavy atom. The Morgan fingerprint density at radius 2 is 1.46 bits per heavy atom. The lowest BCUT2D eigenvalue weighted by atomic mass is 10.1. The Bertz CT molecular complexity index is 2080. The van der Waals surface area contributed by atoms with Crippen LogP contribution in [-0.2, 0) is 27.5 Å². The molecule has 57 heavy (non-hydrogen) atoms. The molecule has 0 radical (unpaired) electrons. The summed E-state index contributed by atoms with van der Waals surface area (Å²) in [7, 11) is 0. The van der Waals surface area contributed by atoms with Crippen LogP contribution in [0.5, 0.6) is 17.2 Å². The summed E-state index contributed by atoms with van der Waals surface area (Å²) in [5.41, 5.74) is 2.19. The normalized spacial score (nSPS) is 11.1. The summed E-state index contributed by atoms with van der Waals surface area (Å²) in [5, 5.41) is 18.6. The van der Waals surface area contributed by atoms with Crippen LogP contribution in [-0.4, -0.2) is 58.0 Å². The Balaban J connectivity index is 1.13. The lowest BCUT2D eigenvalue weighted by molar-refractivity contribution is -0.142. The van der Waals surface area contributed by atoms with Crippen LogP contribution in [0.4, 0.5) is 0 Å². The van der Waals surface area contributed by atoms with Crippen molar-refractivity contribution in [2.24, 2.45) is 0 Å². The number of carbonyl (C=O) groups is 4. The van der Waals surface area contributed by atoms with Gasteiger partial charge in [0.15, 0.2) is 11.5 Å². The number of ether oxygens (including phenoxy) is 2. The van der Waals surface area contributed by atoms with Crippen LogP contribution in [0.15, 0.2) is 120 Å². The Kier molecular flexibility index (Phi) is 15.8. The van der Waals surface area contributed by atoms with Gasteiger partial charge in [-0.3, -0.25) is 14.4 Å². The number of nitrogens with zero attached hydrogens (tertiary/aromatic N) is 2. The molecule has 294 valence electrons.